The molecule has 0 fully saturated rings. The molecule has 0 aliphatic rings. The summed E-state index contributed by atoms with van der Waals surface area (Å²) < 4.78 is 0. The number of hydrogen-bond donors (Lipinski definition) is 5. The molecule has 0 radical (unpaired) electrons. The maximum atomic E-state index is 8.09. The van der Waals surface area contributed by atoms with E-state index in [0.717, 1.165) is 12.8 Å². The second-order valence-electron chi connectivity index (χ2n) is 1.50. The van der Waals surface area contributed by atoms with Crippen molar-refractivity contribution in [3.63, 3.8) is 0 Å². The van der Waals surface area contributed by atoms with E-state index in [9.17, 15) is 0 Å². The van der Waals surface area contributed by atoms with Gasteiger partial charge in [0.25, 0.3) is 0 Å². The number of unbranched alkanes of at least 4 members (excludes halogenated alkanes) is 1. The Morgan fingerprint density at radius 3 is 1.09 bits per heavy atom. The van der Waals surface area contributed by atoms with E-state index in [4.69, 9.17) is 25.3 Å². The molecule has 5 nitrogen and oxygen atoms in total. The molecule has 0 atom stereocenters. The van der Waals surface area contributed by atoms with E-state index in [-0.39, 0.29) is 42.8 Å². The molecule has 0 rings (SSSR count). The molecule has 0 bridgehead atoms. The molecule has 0 aromatic rings. The number of aliphatic hydroxyl groups excluding tert-OH is 2. The number of aliphatic hydroxyl groups is 2. The molecule has 0 aliphatic carbocycles. The summed E-state index contributed by atoms with van der Waals surface area (Å²) in [7, 11) is -2.17. The summed E-state index contributed by atoms with van der Waals surface area (Å²) in [6.45, 7) is 0.390. The average molecular weight is 176 g/mol. The van der Waals surface area contributed by atoms with Crippen LogP contribution in [-0.2, 0) is 0 Å². The molecule has 0 unspecified atom stereocenters. The molecular formula is C4H14BNaO5. The fraction of sp³-hybridized carbons (Fsp3) is 1.00. The summed E-state index contributed by atoms with van der Waals surface area (Å²) >= 11 is 0. The van der Waals surface area contributed by atoms with Gasteiger partial charge in [-0.3, -0.25) is 0 Å². The number of hydrogen-bond acceptors (Lipinski definition) is 5. The predicted octanol–water partition coefficient (Wildman–Crippen LogP) is -2.95. The van der Waals surface area contributed by atoms with Crippen LogP contribution < -0.4 is 0 Å². The second kappa shape index (κ2) is 17.1. The SMILES string of the molecule is OB(O)O.OCCCCO.[NaH]. The molecule has 0 amide bonds. The Morgan fingerprint density at radius 2 is 1.00 bits per heavy atom. The topological polar surface area (TPSA) is 101 Å². The zero-order valence-electron chi connectivity index (χ0n) is 5.64. The molecule has 0 aromatic carbocycles. The molecule has 0 heterocycles. The molecule has 0 spiro atoms. The van der Waals surface area contributed by atoms with E-state index in [0.29, 0.717) is 0 Å². The summed E-state index contributed by atoms with van der Waals surface area (Å²) in [5, 5.41) is 37.7. The first kappa shape index (κ1) is 17.8. The van der Waals surface area contributed by atoms with E-state index >= 15 is 0 Å². The normalized spacial score (nSPS) is 7.36. The molecule has 0 aliphatic heterocycles. The second-order valence-corrected chi connectivity index (χ2v) is 1.50. The maximum absolute atomic E-state index is 8.09. The van der Waals surface area contributed by atoms with Crippen molar-refractivity contribution in [2.45, 2.75) is 12.8 Å². The first-order valence-electron chi connectivity index (χ1n) is 2.91. The van der Waals surface area contributed by atoms with Crippen LogP contribution in [0.3, 0.4) is 0 Å². The van der Waals surface area contributed by atoms with Crippen LogP contribution in [0, 0.1) is 0 Å². The van der Waals surface area contributed by atoms with Gasteiger partial charge in [0.1, 0.15) is 0 Å². The Kier molecular flexibility index (Phi) is 27.7. The molecule has 0 saturated heterocycles. The summed E-state index contributed by atoms with van der Waals surface area (Å²) in [4.78, 5) is 0. The van der Waals surface area contributed by atoms with Gasteiger partial charge in [-0.1, -0.05) is 0 Å². The van der Waals surface area contributed by atoms with Gasteiger partial charge < -0.3 is 25.3 Å². The van der Waals surface area contributed by atoms with Gasteiger partial charge in [-0.2, -0.15) is 0 Å². The third kappa shape index (κ3) is 57.2. The zero-order chi connectivity index (χ0) is 8.41. The Morgan fingerprint density at radius 1 is 0.818 bits per heavy atom. The van der Waals surface area contributed by atoms with Crippen molar-refractivity contribution in [3.05, 3.63) is 0 Å². The zero-order valence-corrected chi connectivity index (χ0v) is 5.64. The Hall–Kier alpha value is 0.865. The average Bonchev–Trinajstić information content (AvgIpc) is 1.82. The van der Waals surface area contributed by atoms with Gasteiger partial charge >= 0.3 is 36.9 Å². The first-order chi connectivity index (χ1) is 4.65. The van der Waals surface area contributed by atoms with Gasteiger partial charge in [-0.25, -0.2) is 0 Å². The van der Waals surface area contributed by atoms with E-state index < -0.39 is 7.32 Å². The third-order valence-corrected chi connectivity index (χ3v) is 0.566. The standard InChI is InChI=1S/C4H10O2.BH3O3.Na.H/c5-3-1-2-4-6;2-1(3)4;;/h5-6H,1-4H2;2-4H;;. The van der Waals surface area contributed by atoms with Crippen molar-refractivity contribution in [2.75, 3.05) is 13.2 Å². The third-order valence-electron chi connectivity index (χ3n) is 0.566. The van der Waals surface area contributed by atoms with Gasteiger partial charge in [-0.05, 0) is 12.8 Å². The fourth-order valence-electron chi connectivity index (χ4n) is 0.224. The van der Waals surface area contributed by atoms with Crippen LogP contribution in [0.1, 0.15) is 12.8 Å². The van der Waals surface area contributed by atoms with Crippen molar-refractivity contribution in [1.29, 1.82) is 0 Å². The van der Waals surface area contributed by atoms with Crippen molar-refractivity contribution in [3.8, 4) is 0 Å². The van der Waals surface area contributed by atoms with Crippen molar-refractivity contribution in [2.24, 2.45) is 0 Å². The summed E-state index contributed by atoms with van der Waals surface area (Å²) in [6, 6.07) is 0. The molecular weight excluding hydrogens is 162 g/mol. The van der Waals surface area contributed by atoms with E-state index in [1.807, 2.05) is 0 Å². The van der Waals surface area contributed by atoms with Crippen LogP contribution in [0.15, 0.2) is 0 Å². The van der Waals surface area contributed by atoms with Gasteiger partial charge in [-0.15, -0.1) is 0 Å². The Labute approximate surface area is 88.2 Å². The van der Waals surface area contributed by atoms with E-state index in [1.165, 1.54) is 0 Å². The van der Waals surface area contributed by atoms with Gasteiger partial charge in [0.15, 0.2) is 0 Å². The van der Waals surface area contributed by atoms with Crippen LogP contribution in [0.25, 0.3) is 0 Å². The van der Waals surface area contributed by atoms with Crippen LogP contribution >= 0.6 is 0 Å². The van der Waals surface area contributed by atoms with Gasteiger partial charge in [0.2, 0.25) is 0 Å². The molecule has 7 heteroatoms. The molecule has 64 valence electrons. The first-order valence-corrected chi connectivity index (χ1v) is 2.91. The van der Waals surface area contributed by atoms with Crippen LogP contribution in [0.2, 0.25) is 0 Å². The van der Waals surface area contributed by atoms with Crippen LogP contribution in [0.5, 0.6) is 0 Å². The monoisotopic (exact) mass is 176 g/mol. The molecule has 0 aromatic heterocycles. The Bertz CT molecular complexity index is 49.0. The van der Waals surface area contributed by atoms with Crippen LogP contribution in [-0.4, -0.2) is 75.4 Å². The molecule has 5 N–H and O–H groups in total. The minimum absolute atomic E-state index is 0. The number of rotatable bonds is 3. The van der Waals surface area contributed by atoms with Crippen molar-refractivity contribution < 1.29 is 25.3 Å². The van der Waals surface area contributed by atoms with E-state index in [2.05, 4.69) is 0 Å². The van der Waals surface area contributed by atoms with Crippen molar-refractivity contribution >= 4 is 36.9 Å². The van der Waals surface area contributed by atoms with E-state index in [1.54, 1.807) is 0 Å². The molecule has 0 saturated carbocycles. The Balaban J connectivity index is -0.000000114. The fourth-order valence-corrected chi connectivity index (χ4v) is 0.224. The van der Waals surface area contributed by atoms with Crippen LogP contribution in [0.4, 0.5) is 0 Å². The van der Waals surface area contributed by atoms with Gasteiger partial charge in [0.05, 0.1) is 0 Å². The predicted molar refractivity (Wildman–Crippen MR) is 43.0 cm³/mol. The van der Waals surface area contributed by atoms with Gasteiger partial charge in [0, 0.05) is 13.2 Å². The summed E-state index contributed by atoms with van der Waals surface area (Å²) in [6.07, 6.45) is 1.44. The summed E-state index contributed by atoms with van der Waals surface area (Å²) in [5.74, 6) is 0. The summed E-state index contributed by atoms with van der Waals surface area (Å²) in [5.41, 5.74) is 0. The molecule has 11 heavy (non-hydrogen) atoms. The minimum atomic E-state index is -2.17. The van der Waals surface area contributed by atoms with Crippen molar-refractivity contribution in [1.82, 2.24) is 0 Å². The quantitative estimate of drug-likeness (QED) is 0.234.